The van der Waals surface area contributed by atoms with E-state index in [0.29, 0.717) is 24.8 Å². The van der Waals surface area contributed by atoms with Gasteiger partial charge in [-0.25, -0.2) is 0 Å². The van der Waals surface area contributed by atoms with Crippen LogP contribution in [0.4, 0.5) is 0 Å². The summed E-state index contributed by atoms with van der Waals surface area (Å²) in [6.45, 7) is 5.62. The van der Waals surface area contributed by atoms with Gasteiger partial charge in [-0.3, -0.25) is 0 Å². The first-order valence-electron chi connectivity index (χ1n) is 11.0. The Labute approximate surface area is 206 Å². The first-order chi connectivity index (χ1) is 15.8. The Hall–Kier alpha value is -1.13. The van der Waals surface area contributed by atoms with Gasteiger partial charge in [0, 0.05) is 28.7 Å². The van der Waals surface area contributed by atoms with E-state index in [1.54, 1.807) is 12.1 Å². The Morgan fingerprint density at radius 2 is 1.48 bits per heavy atom. The highest BCUT2D eigenvalue weighted by Crippen LogP contribution is 2.17. The molecule has 6 N–H and O–H groups in total. The highest BCUT2D eigenvalue weighted by molar-refractivity contribution is 6.63. The molecular weight excluding hydrogens is 465 g/mol. The summed E-state index contributed by atoms with van der Waals surface area (Å²) in [7, 11) is -1.05. The highest BCUT2D eigenvalue weighted by Gasteiger charge is 2.31. The third kappa shape index (κ3) is 8.87. The van der Waals surface area contributed by atoms with Gasteiger partial charge < -0.3 is 35.6 Å². The molecule has 7 nitrogen and oxygen atoms in total. The molecule has 2 aromatic carbocycles. The van der Waals surface area contributed by atoms with Crippen molar-refractivity contribution in [3.63, 3.8) is 0 Å². The second-order valence-corrected chi connectivity index (χ2v) is 8.72. The van der Waals surface area contributed by atoms with E-state index >= 15 is 0 Å². The molecule has 0 saturated carbocycles. The topological polar surface area (TPSA) is 120 Å². The Kier molecular flexibility index (Phi) is 12.2. The van der Waals surface area contributed by atoms with Gasteiger partial charge in [0.05, 0.1) is 19.8 Å². The molecule has 0 aliphatic carbocycles. The summed E-state index contributed by atoms with van der Waals surface area (Å²) < 4.78 is 16.1. The quantitative estimate of drug-likeness (QED) is 0.448. The summed E-state index contributed by atoms with van der Waals surface area (Å²) >= 11 is 11.6. The van der Waals surface area contributed by atoms with Crippen molar-refractivity contribution in [1.29, 1.82) is 0 Å². The SMILES string of the molecule is CCC(N)CO.CCC(N)COB1OCc2cc(Cl)ccc21.OB1OCc2cc(Cl)ccc21. The molecule has 2 atom stereocenters. The van der Waals surface area contributed by atoms with E-state index < -0.39 is 7.12 Å². The molecule has 2 unspecified atom stereocenters. The zero-order valence-electron chi connectivity index (χ0n) is 19.0. The molecule has 0 radical (unpaired) electrons. The van der Waals surface area contributed by atoms with Crippen LogP contribution in [0.3, 0.4) is 0 Å². The fourth-order valence-corrected chi connectivity index (χ4v) is 3.37. The molecule has 4 rings (SSSR count). The molecule has 0 saturated heterocycles. The largest absolute Gasteiger partial charge is 0.494 e. The van der Waals surface area contributed by atoms with Gasteiger partial charge in [0.25, 0.3) is 0 Å². The van der Waals surface area contributed by atoms with Crippen molar-refractivity contribution in [1.82, 2.24) is 0 Å². The molecule has 0 amide bonds. The molecule has 11 heteroatoms. The summed E-state index contributed by atoms with van der Waals surface area (Å²) in [5.74, 6) is 0. The summed E-state index contributed by atoms with van der Waals surface area (Å²) in [5.41, 5.74) is 15.0. The minimum Gasteiger partial charge on any atom is -0.423 e. The first kappa shape index (κ1) is 28.1. The molecule has 0 aromatic heterocycles. The molecule has 2 aromatic rings. The molecule has 33 heavy (non-hydrogen) atoms. The molecule has 0 spiro atoms. The highest BCUT2D eigenvalue weighted by atomic mass is 35.5. The lowest BCUT2D eigenvalue weighted by atomic mass is 9.79. The number of fused-ring (bicyclic) bond motifs is 2. The zero-order valence-corrected chi connectivity index (χ0v) is 20.6. The van der Waals surface area contributed by atoms with Gasteiger partial charge in [0.15, 0.2) is 0 Å². The maximum absolute atomic E-state index is 9.21. The standard InChI is InChI=1S/C11H15BClNO2.C7H6BClO2.C4H11NO/c1-2-10(14)7-16-12-11-4-3-9(13)5-8(11)6-15-12;9-6-1-2-7-5(3-6)4-11-8(7)10;1-2-4(5)3-6/h3-5,10H,2,6-7,14H2,1H3;1-3,10H,4H2;4,6H,2-3,5H2,1H3. The predicted octanol–water partition coefficient (Wildman–Crippen LogP) is 1.59. The summed E-state index contributed by atoms with van der Waals surface area (Å²) in [6.07, 6.45) is 1.76. The number of benzene rings is 2. The minimum atomic E-state index is -0.762. The smallest absolute Gasteiger partial charge is 0.423 e. The van der Waals surface area contributed by atoms with Gasteiger partial charge in [0.1, 0.15) is 0 Å². The van der Waals surface area contributed by atoms with Crippen LogP contribution in [0.2, 0.25) is 10.0 Å². The molecule has 180 valence electrons. The summed E-state index contributed by atoms with van der Waals surface area (Å²) in [4.78, 5) is 0. The van der Waals surface area contributed by atoms with Crippen LogP contribution in [0.15, 0.2) is 36.4 Å². The Morgan fingerprint density at radius 1 is 0.939 bits per heavy atom. The van der Waals surface area contributed by atoms with E-state index in [9.17, 15) is 5.02 Å². The maximum atomic E-state index is 9.21. The molecule has 2 heterocycles. The van der Waals surface area contributed by atoms with Crippen molar-refractivity contribution in [2.45, 2.75) is 52.0 Å². The van der Waals surface area contributed by atoms with Crippen molar-refractivity contribution in [3.05, 3.63) is 57.6 Å². The fraction of sp³-hybridized carbons (Fsp3) is 0.455. The van der Waals surface area contributed by atoms with E-state index in [-0.39, 0.29) is 25.8 Å². The normalized spacial score (nSPS) is 15.6. The van der Waals surface area contributed by atoms with Gasteiger partial charge in [0.2, 0.25) is 0 Å². The van der Waals surface area contributed by atoms with Crippen molar-refractivity contribution in [3.8, 4) is 0 Å². The second-order valence-electron chi connectivity index (χ2n) is 7.85. The van der Waals surface area contributed by atoms with Crippen LogP contribution >= 0.6 is 23.2 Å². The van der Waals surface area contributed by atoms with Crippen LogP contribution in [0.5, 0.6) is 0 Å². The molecule has 2 aliphatic heterocycles. The van der Waals surface area contributed by atoms with Crippen LogP contribution in [-0.2, 0) is 27.2 Å². The zero-order chi connectivity index (χ0) is 24.4. The fourth-order valence-electron chi connectivity index (χ4n) is 2.98. The minimum absolute atomic E-state index is 0.00926. The van der Waals surface area contributed by atoms with E-state index in [0.717, 1.165) is 39.9 Å². The van der Waals surface area contributed by atoms with E-state index in [1.165, 1.54) is 0 Å². The average Bonchev–Trinajstić information content (AvgIpc) is 3.39. The van der Waals surface area contributed by atoms with Crippen LogP contribution in [0.1, 0.15) is 37.8 Å². The van der Waals surface area contributed by atoms with Gasteiger partial charge >= 0.3 is 14.2 Å². The third-order valence-electron chi connectivity index (χ3n) is 5.26. The average molecular weight is 497 g/mol. The number of hydrogen-bond donors (Lipinski definition) is 4. The first-order valence-corrected chi connectivity index (χ1v) is 11.8. The van der Waals surface area contributed by atoms with Crippen molar-refractivity contribution < 1.29 is 24.1 Å². The number of halogens is 2. The van der Waals surface area contributed by atoms with Crippen LogP contribution in [0.25, 0.3) is 0 Å². The number of aliphatic hydroxyl groups is 1. The van der Waals surface area contributed by atoms with Crippen molar-refractivity contribution in [2.75, 3.05) is 13.2 Å². The number of aliphatic hydroxyl groups excluding tert-OH is 1. The lowest BCUT2D eigenvalue weighted by Crippen LogP contribution is -2.37. The molecule has 0 fully saturated rings. The van der Waals surface area contributed by atoms with Gasteiger partial charge in [-0.05, 0) is 59.2 Å². The molecule has 2 aliphatic rings. The number of hydrogen-bond acceptors (Lipinski definition) is 7. The monoisotopic (exact) mass is 496 g/mol. The van der Waals surface area contributed by atoms with Gasteiger partial charge in [-0.15, -0.1) is 0 Å². The molecular formula is C22H32B2Cl2N2O5. The van der Waals surface area contributed by atoms with Crippen molar-refractivity contribution >= 4 is 48.4 Å². The van der Waals surface area contributed by atoms with Gasteiger partial charge in [-0.2, -0.15) is 0 Å². The van der Waals surface area contributed by atoms with Crippen LogP contribution in [-0.4, -0.2) is 49.7 Å². The van der Waals surface area contributed by atoms with E-state index in [2.05, 4.69) is 0 Å². The predicted molar refractivity (Wildman–Crippen MR) is 135 cm³/mol. The van der Waals surface area contributed by atoms with Crippen molar-refractivity contribution in [2.24, 2.45) is 11.5 Å². The third-order valence-corrected chi connectivity index (χ3v) is 5.73. The lowest BCUT2D eigenvalue weighted by Gasteiger charge is -2.12. The molecule has 0 bridgehead atoms. The van der Waals surface area contributed by atoms with E-state index in [4.69, 9.17) is 53.7 Å². The Morgan fingerprint density at radius 3 is 2.03 bits per heavy atom. The van der Waals surface area contributed by atoms with Crippen LogP contribution in [0, 0.1) is 0 Å². The lowest BCUT2D eigenvalue weighted by molar-refractivity contribution is 0.199. The number of rotatable bonds is 6. The Balaban J connectivity index is 0.000000196. The maximum Gasteiger partial charge on any atom is 0.494 e. The van der Waals surface area contributed by atoms with E-state index in [1.807, 2.05) is 38.1 Å². The second kappa shape index (κ2) is 14.3. The summed E-state index contributed by atoms with van der Waals surface area (Å²) in [6, 6.07) is 11.1. The summed E-state index contributed by atoms with van der Waals surface area (Å²) in [5, 5.41) is 18.8. The Bertz CT molecular complexity index is 877. The van der Waals surface area contributed by atoms with Gasteiger partial charge in [-0.1, -0.05) is 49.2 Å². The van der Waals surface area contributed by atoms with Crippen LogP contribution < -0.4 is 22.4 Å². The number of nitrogens with two attached hydrogens (primary N) is 2.